The van der Waals surface area contributed by atoms with Crippen LogP contribution in [0, 0.1) is 0 Å². The van der Waals surface area contributed by atoms with Crippen molar-refractivity contribution in [3.05, 3.63) is 47.9 Å². The van der Waals surface area contributed by atoms with Crippen molar-refractivity contribution >= 4 is 23.3 Å². The van der Waals surface area contributed by atoms with Gasteiger partial charge in [-0.15, -0.1) is 0 Å². The molecule has 9 nitrogen and oxygen atoms in total. The molecule has 2 saturated heterocycles. The molecular weight excluding hydrogens is 468 g/mol. The van der Waals surface area contributed by atoms with E-state index in [2.05, 4.69) is 10.2 Å². The number of benzene rings is 1. The number of piperidine rings is 1. The number of anilines is 1. The highest BCUT2D eigenvalue weighted by atomic mass is 16.5. The van der Waals surface area contributed by atoms with Gasteiger partial charge >= 0.3 is 0 Å². The van der Waals surface area contributed by atoms with Gasteiger partial charge in [-0.25, -0.2) is 9.97 Å². The second kappa shape index (κ2) is 10.1. The Morgan fingerprint density at radius 3 is 2.46 bits per heavy atom. The van der Waals surface area contributed by atoms with E-state index in [0.29, 0.717) is 23.1 Å². The third-order valence-electron chi connectivity index (χ3n) is 7.77. The van der Waals surface area contributed by atoms with Crippen LogP contribution in [-0.4, -0.2) is 76.5 Å². The summed E-state index contributed by atoms with van der Waals surface area (Å²) in [5.74, 6) is 0.641. The van der Waals surface area contributed by atoms with Crippen LogP contribution in [0.5, 0.6) is 0 Å². The monoisotopic (exact) mass is 502 g/mol. The van der Waals surface area contributed by atoms with Gasteiger partial charge in [0.25, 0.3) is 11.8 Å². The first-order valence-electron chi connectivity index (χ1n) is 13.5. The van der Waals surface area contributed by atoms with E-state index in [1.807, 2.05) is 53.0 Å². The number of hydrogen-bond donors (Lipinski definition) is 1. The highest BCUT2D eigenvalue weighted by molar-refractivity contribution is 5.95. The molecule has 0 unspecified atom stereocenters. The Balaban J connectivity index is 1.38. The molecule has 37 heavy (non-hydrogen) atoms. The first-order chi connectivity index (χ1) is 18.1. The summed E-state index contributed by atoms with van der Waals surface area (Å²) in [6.07, 6.45) is 10.8. The van der Waals surface area contributed by atoms with E-state index in [-0.39, 0.29) is 17.9 Å². The van der Waals surface area contributed by atoms with E-state index in [1.165, 1.54) is 0 Å². The van der Waals surface area contributed by atoms with Crippen molar-refractivity contribution in [3.63, 3.8) is 0 Å². The van der Waals surface area contributed by atoms with Crippen LogP contribution in [0.15, 0.2) is 36.7 Å². The van der Waals surface area contributed by atoms with Gasteiger partial charge < -0.3 is 19.9 Å². The second-order valence-electron chi connectivity index (χ2n) is 10.4. The van der Waals surface area contributed by atoms with Crippen molar-refractivity contribution < 1.29 is 14.3 Å². The van der Waals surface area contributed by atoms with Crippen LogP contribution in [0.25, 0.3) is 16.9 Å². The molecule has 4 heterocycles. The number of carbonyl (C=O) groups is 2. The molecule has 1 N–H and O–H groups in total. The Hall–Kier alpha value is -3.46. The zero-order valence-electron chi connectivity index (χ0n) is 21.4. The summed E-state index contributed by atoms with van der Waals surface area (Å²) in [5.41, 5.74) is 3.59. The summed E-state index contributed by atoms with van der Waals surface area (Å²) in [6, 6.07) is 8.18. The van der Waals surface area contributed by atoms with Gasteiger partial charge in [0.15, 0.2) is 11.5 Å². The minimum absolute atomic E-state index is 0.0324. The van der Waals surface area contributed by atoms with E-state index in [9.17, 15) is 9.59 Å². The van der Waals surface area contributed by atoms with Crippen molar-refractivity contribution in [2.45, 2.75) is 57.0 Å². The largest absolute Gasteiger partial charge is 0.381 e. The summed E-state index contributed by atoms with van der Waals surface area (Å²) in [7, 11) is 2.04. The van der Waals surface area contributed by atoms with Crippen LogP contribution in [0.2, 0.25) is 0 Å². The topological polar surface area (TPSA) is 92.1 Å². The normalized spacial score (nSPS) is 18.7. The molecule has 2 amide bonds. The number of nitrogens with one attached hydrogen (secondary N) is 1. The van der Waals surface area contributed by atoms with Gasteiger partial charge in [-0.2, -0.15) is 0 Å². The Labute approximate surface area is 216 Å². The molecule has 0 atom stereocenters. The highest BCUT2D eigenvalue weighted by Gasteiger charge is 2.27. The number of nitrogens with zero attached hydrogens (tertiary/aromatic N) is 5. The average molecular weight is 503 g/mol. The number of ether oxygens (including phenoxy) is 1. The van der Waals surface area contributed by atoms with Crippen molar-refractivity contribution in [1.82, 2.24) is 24.6 Å². The summed E-state index contributed by atoms with van der Waals surface area (Å²) in [6.45, 7) is 2.98. The number of aromatic nitrogens is 3. The predicted molar refractivity (Wildman–Crippen MR) is 141 cm³/mol. The Morgan fingerprint density at radius 1 is 1.03 bits per heavy atom. The Kier molecular flexibility index (Phi) is 6.54. The van der Waals surface area contributed by atoms with Gasteiger partial charge in [-0.05, 0) is 57.1 Å². The molecule has 6 rings (SSSR count). The number of rotatable bonds is 6. The van der Waals surface area contributed by atoms with Gasteiger partial charge in [-0.1, -0.05) is 12.1 Å². The molecule has 0 bridgehead atoms. The average Bonchev–Trinajstić information content (AvgIpc) is 3.67. The third-order valence-corrected chi connectivity index (χ3v) is 7.77. The minimum Gasteiger partial charge on any atom is -0.381 e. The zero-order chi connectivity index (χ0) is 25.4. The lowest BCUT2D eigenvalue weighted by Crippen LogP contribution is -2.39. The number of carbonyl (C=O) groups excluding carboxylic acids is 2. The van der Waals surface area contributed by atoms with Crippen molar-refractivity contribution in [1.29, 1.82) is 0 Å². The maximum atomic E-state index is 13.5. The molecule has 194 valence electrons. The minimum atomic E-state index is -0.0359. The number of amides is 2. The van der Waals surface area contributed by atoms with Crippen LogP contribution >= 0.6 is 0 Å². The zero-order valence-corrected chi connectivity index (χ0v) is 21.4. The van der Waals surface area contributed by atoms with Gasteiger partial charge in [0.05, 0.1) is 11.9 Å². The van der Waals surface area contributed by atoms with Gasteiger partial charge in [0.1, 0.15) is 5.69 Å². The summed E-state index contributed by atoms with van der Waals surface area (Å²) >= 11 is 0. The number of imidazole rings is 1. The number of likely N-dealkylation sites (tertiary alicyclic amines) is 1. The second-order valence-corrected chi connectivity index (χ2v) is 10.4. The molecular formula is C28H34N6O3. The number of fused-ring (bicyclic) bond motifs is 1. The molecule has 1 aromatic carbocycles. The smallest absolute Gasteiger partial charge is 0.274 e. The Bertz CT molecular complexity index is 1290. The Morgan fingerprint density at radius 2 is 1.76 bits per heavy atom. The molecule has 3 aliphatic rings. The van der Waals surface area contributed by atoms with Crippen LogP contribution in [0.1, 0.15) is 65.8 Å². The van der Waals surface area contributed by atoms with Crippen LogP contribution < -0.4 is 10.2 Å². The molecule has 3 aromatic rings. The van der Waals surface area contributed by atoms with E-state index in [1.54, 1.807) is 0 Å². The van der Waals surface area contributed by atoms with Crippen LogP contribution in [-0.2, 0) is 4.74 Å². The predicted octanol–water partition coefficient (Wildman–Crippen LogP) is 3.53. The fraction of sp³-hybridized carbons (Fsp3) is 0.500. The van der Waals surface area contributed by atoms with E-state index >= 15 is 0 Å². The molecule has 0 spiro atoms. The lowest BCUT2D eigenvalue weighted by Gasteiger charge is -2.32. The lowest BCUT2D eigenvalue weighted by atomic mass is 10.1. The van der Waals surface area contributed by atoms with E-state index < -0.39 is 0 Å². The van der Waals surface area contributed by atoms with Crippen LogP contribution in [0.4, 0.5) is 5.82 Å². The highest BCUT2D eigenvalue weighted by Crippen LogP contribution is 2.29. The SMILES string of the molecule is CN(c1nc(C(=O)N2CCCCC2)cn2c(-c3ccc(C(=O)NC4CC4)cc3)cnc12)C1CCOCC1. The summed E-state index contributed by atoms with van der Waals surface area (Å²) in [4.78, 5) is 39.7. The maximum Gasteiger partial charge on any atom is 0.274 e. The van der Waals surface area contributed by atoms with E-state index in [0.717, 1.165) is 88.2 Å². The van der Waals surface area contributed by atoms with Crippen molar-refractivity contribution in [2.24, 2.45) is 0 Å². The van der Waals surface area contributed by atoms with Crippen molar-refractivity contribution in [3.8, 4) is 11.3 Å². The van der Waals surface area contributed by atoms with Gasteiger partial charge in [-0.3, -0.25) is 14.0 Å². The third kappa shape index (κ3) is 4.92. The van der Waals surface area contributed by atoms with Gasteiger partial charge in [0, 0.05) is 62.8 Å². The summed E-state index contributed by atoms with van der Waals surface area (Å²) in [5, 5.41) is 3.03. The molecule has 9 heteroatoms. The molecule has 1 aliphatic carbocycles. The fourth-order valence-corrected chi connectivity index (χ4v) is 5.32. The summed E-state index contributed by atoms with van der Waals surface area (Å²) < 4.78 is 7.55. The first kappa shape index (κ1) is 23.9. The standard InChI is InChI=1S/C28H34N6O3/c1-32(22-11-15-37-16-12-22)26-25-29-17-24(19-5-7-20(8-6-19)27(35)30-21-9-10-21)34(25)18-23(31-26)28(36)33-13-3-2-4-14-33/h5-8,17-18,21-22H,2-4,9-16H2,1H3,(H,30,35). The van der Waals surface area contributed by atoms with Crippen LogP contribution in [0.3, 0.4) is 0 Å². The molecule has 2 aromatic heterocycles. The molecule has 0 radical (unpaired) electrons. The van der Waals surface area contributed by atoms with E-state index in [4.69, 9.17) is 14.7 Å². The fourth-order valence-electron chi connectivity index (χ4n) is 5.32. The lowest BCUT2D eigenvalue weighted by molar-refractivity contribution is 0.0717. The first-order valence-corrected chi connectivity index (χ1v) is 13.5. The molecule has 3 fully saturated rings. The number of hydrogen-bond acceptors (Lipinski definition) is 6. The quantitative estimate of drug-likeness (QED) is 0.555. The molecule has 2 aliphatic heterocycles. The molecule has 1 saturated carbocycles. The van der Waals surface area contributed by atoms with Gasteiger partial charge in [0.2, 0.25) is 0 Å². The van der Waals surface area contributed by atoms with Crippen molar-refractivity contribution in [2.75, 3.05) is 38.3 Å². The maximum absolute atomic E-state index is 13.5.